The summed E-state index contributed by atoms with van der Waals surface area (Å²) in [5.74, 6) is -5.66. The number of carbonyl (C=O) groups is 1. The van der Waals surface area contributed by atoms with E-state index in [2.05, 4.69) is 4.98 Å². The average molecular weight is 614 g/mol. The van der Waals surface area contributed by atoms with Crippen LogP contribution in [-0.4, -0.2) is 19.6 Å². The Morgan fingerprint density at radius 3 is 2.39 bits per heavy atom. The Labute approximate surface area is 212 Å². The van der Waals surface area contributed by atoms with Gasteiger partial charge in [-0.2, -0.15) is 13.2 Å². The summed E-state index contributed by atoms with van der Waals surface area (Å²) in [5, 5.41) is 0. The number of ketones is 1. The minimum absolute atomic E-state index is 0.0744. The van der Waals surface area contributed by atoms with Crippen LogP contribution in [-0.2, 0) is 6.18 Å². The van der Waals surface area contributed by atoms with E-state index < -0.39 is 40.5 Å². The molecular weight excluding hydrogens is 601 g/mol. The highest BCUT2D eigenvalue weighted by molar-refractivity contribution is 14.1. The highest BCUT2D eigenvalue weighted by Crippen LogP contribution is 2.44. The van der Waals surface area contributed by atoms with Crippen LogP contribution in [0.15, 0.2) is 48.9 Å². The fraction of sp³-hybridized carbons (Fsp3) is 0.0833. The Morgan fingerprint density at radius 1 is 1.08 bits per heavy atom. The molecule has 2 N–H and O–H groups in total. The van der Waals surface area contributed by atoms with E-state index in [9.17, 15) is 31.1 Å². The summed E-state index contributed by atoms with van der Waals surface area (Å²) in [5.41, 5.74) is 5.02. The minimum Gasteiger partial charge on any atom is -0.395 e. The Hall–Kier alpha value is -3.55. The minimum atomic E-state index is -4.78. The zero-order chi connectivity index (χ0) is 26.1. The molecule has 0 amide bonds. The van der Waals surface area contributed by atoms with Crippen LogP contribution >= 0.6 is 22.6 Å². The second-order valence-corrected chi connectivity index (χ2v) is 9.19. The van der Waals surface area contributed by atoms with Crippen LogP contribution in [0.5, 0.6) is 0 Å². The molecule has 4 heterocycles. The van der Waals surface area contributed by atoms with Crippen LogP contribution in [0.3, 0.4) is 0 Å². The molecule has 0 spiro atoms. The standard InChI is InChI=1S/C24H13F6IN4O/c1-10-8-33-23-20(32)18(13(9-35(10)23)24(28,29)30)12-3-2-4-34-17(7-16(31)21(12)34)22(36)11-5-14(25)19(27)15(26)6-11/h2-9H,32H2,1H3. The maximum absolute atomic E-state index is 14.2. The number of nitrogens with two attached hydrogens (primary N) is 1. The lowest BCUT2D eigenvalue weighted by atomic mass is 9.99. The van der Waals surface area contributed by atoms with Crippen molar-refractivity contribution in [3.05, 3.63) is 92.5 Å². The maximum Gasteiger partial charge on any atom is 0.418 e. The molecule has 36 heavy (non-hydrogen) atoms. The Bertz CT molecular complexity index is 1700. The van der Waals surface area contributed by atoms with Crippen LogP contribution in [0.1, 0.15) is 27.3 Å². The third-order valence-corrected chi connectivity index (χ3v) is 6.64. The smallest absolute Gasteiger partial charge is 0.395 e. The van der Waals surface area contributed by atoms with E-state index in [1.54, 1.807) is 6.92 Å². The first-order valence-electron chi connectivity index (χ1n) is 10.2. The lowest BCUT2D eigenvalue weighted by Gasteiger charge is -2.18. The van der Waals surface area contributed by atoms with E-state index in [0.29, 0.717) is 21.4 Å². The van der Waals surface area contributed by atoms with Gasteiger partial charge in [-0.15, -0.1) is 0 Å². The van der Waals surface area contributed by atoms with Gasteiger partial charge in [0.1, 0.15) is 0 Å². The third-order valence-electron chi connectivity index (χ3n) is 5.82. The second kappa shape index (κ2) is 8.25. The summed E-state index contributed by atoms with van der Waals surface area (Å²) < 4.78 is 86.4. The molecule has 4 aromatic heterocycles. The summed E-state index contributed by atoms with van der Waals surface area (Å²) in [6.45, 7) is 1.59. The number of aromatic nitrogens is 3. The second-order valence-electron chi connectivity index (χ2n) is 8.02. The number of carbonyl (C=O) groups excluding carboxylic acids is 1. The van der Waals surface area contributed by atoms with Gasteiger partial charge in [0.25, 0.3) is 0 Å². The molecule has 184 valence electrons. The predicted molar refractivity (Wildman–Crippen MR) is 128 cm³/mol. The summed E-state index contributed by atoms with van der Waals surface area (Å²) >= 11 is 1.85. The van der Waals surface area contributed by atoms with Crippen LogP contribution in [0.2, 0.25) is 0 Å². The van der Waals surface area contributed by atoms with Crippen molar-refractivity contribution >= 4 is 45.2 Å². The molecule has 5 nitrogen and oxygen atoms in total. The monoisotopic (exact) mass is 614 g/mol. The lowest BCUT2D eigenvalue weighted by molar-refractivity contribution is -0.137. The Kier molecular flexibility index (Phi) is 5.54. The topological polar surface area (TPSA) is 64.8 Å². The number of rotatable bonds is 3. The molecule has 0 fully saturated rings. The van der Waals surface area contributed by atoms with Gasteiger partial charge in [0.05, 0.1) is 22.5 Å². The van der Waals surface area contributed by atoms with Crippen molar-refractivity contribution in [1.82, 2.24) is 13.8 Å². The number of imidazole rings is 1. The summed E-state index contributed by atoms with van der Waals surface area (Å²) in [4.78, 5) is 17.2. The highest BCUT2D eigenvalue weighted by atomic mass is 127. The molecular formula is C24H13F6IN4O. The first-order valence-corrected chi connectivity index (χ1v) is 11.3. The zero-order valence-electron chi connectivity index (χ0n) is 18.1. The Balaban J connectivity index is 1.80. The number of fused-ring (bicyclic) bond motifs is 2. The molecule has 0 radical (unpaired) electrons. The zero-order valence-corrected chi connectivity index (χ0v) is 20.2. The average Bonchev–Trinajstić information content (AvgIpc) is 3.36. The summed E-state index contributed by atoms with van der Waals surface area (Å²) in [6.07, 6.45) is -1.04. The van der Waals surface area contributed by atoms with Crippen molar-refractivity contribution in [3.63, 3.8) is 0 Å². The number of hydrogen-bond donors (Lipinski definition) is 1. The van der Waals surface area contributed by atoms with Crippen molar-refractivity contribution in [2.24, 2.45) is 0 Å². The molecule has 0 aliphatic carbocycles. The first-order chi connectivity index (χ1) is 16.9. The molecule has 5 aromatic rings. The van der Waals surface area contributed by atoms with E-state index >= 15 is 0 Å². The SMILES string of the molecule is Cc1cnc2c(N)c(-c3cccn4c(C(=O)c5cc(F)c(F)c(F)c5)cc(I)c34)c(C(F)(F)F)cn12. The number of pyridine rings is 2. The number of halogens is 7. The molecule has 1 aromatic carbocycles. The van der Waals surface area contributed by atoms with Gasteiger partial charge in [-0.1, -0.05) is 6.07 Å². The maximum atomic E-state index is 14.2. The van der Waals surface area contributed by atoms with Gasteiger partial charge >= 0.3 is 6.18 Å². The van der Waals surface area contributed by atoms with E-state index in [4.69, 9.17) is 5.73 Å². The largest absolute Gasteiger partial charge is 0.418 e. The van der Waals surface area contributed by atoms with E-state index in [0.717, 1.165) is 6.20 Å². The molecule has 5 rings (SSSR count). The number of nitrogen functional groups attached to an aromatic ring is 1. The van der Waals surface area contributed by atoms with E-state index in [1.165, 1.54) is 39.4 Å². The van der Waals surface area contributed by atoms with Crippen LogP contribution in [0.25, 0.3) is 22.3 Å². The molecule has 12 heteroatoms. The quantitative estimate of drug-likeness (QED) is 0.111. The van der Waals surface area contributed by atoms with Gasteiger partial charge in [0.2, 0.25) is 5.78 Å². The molecule has 0 unspecified atom stereocenters. The van der Waals surface area contributed by atoms with Crippen molar-refractivity contribution in [3.8, 4) is 11.1 Å². The molecule has 0 atom stereocenters. The molecule has 0 saturated heterocycles. The van der Waals surface area contributed by atoms with E-state index in [1.807, 2.05) is 22.6 Å². The van der Waals surface area contributed by atoms with Crippen molar-refractivity contribution < 1.29 is 31.1 Å². The van der Waals surface area contributed by atoms with Crippen molar-refractivity contribution in [2.75, 3.05) is 5.73 Å². The Morgan fingerprint density at radius 2 is 1.75 bits per heavy atom. The van der Waals surface area contributed by atoms with Gasteiger partial charge in [-0.3, -0.25) is 4.79 Å². The van der Waals surface area contributed by atoms with Crippen LogP contribution in [0.4, 0.5) is 32.0 Å². The van der Waals surface area contributed by atoms with Crippen LogP contribution < -0.4 is 5.73 Å². The predicted octanol–water partition coefficient (Wildman–Crippen LogP) is 6.42. The van der Waals surface area contributed by atoms with Gasteiger partial charge < -0.3 is 14.5 Å². The van der Waals surface area contributed by atoms with Gasteiger partial charge in [0.15, 0.2) is 23.1 Å². The van der Waals surface area contributed by atoms with Gasteiger partial charge in [-0.05, 0) is 53.8 Å². The number of hydrogen-bond acceptors (Lipinski definition) is 3. The molecule has 0 aliphatic rings. The van der Waals surface area contributed by atoms with Crippen molar-refractivity contribution in [1.29, 1.82) is 0 Å². The number of anilines is 1. The molecule has 0 saturated carbocycles. The van der Waals surface area contributed by atoms with E-state index in [-0.39, 0.29) is 33.7 Å². The lowest BCUT2D eigenvalue weighted by Crippen LogP contribution is -2.13. The fourth-order valence-electron chi connectivity index (χ4n) is 4.19. The normalized spacial score (nSPS) is 12.1. The van der Waals surface area contributed by atoms with Crippen molar-refractivity contribution in [2.45, 2.75) is 13.1 Å². The first kappa shape index (κ1) is 24.2. The summed E-state index contributed by atoms with van der Waals surface area (Å²) in [6, 6.07) is 5.33. The molecule has 0 bridgehead atoms. The number of nitrogens with zero attached hydrogens (tertiary/aromatic N) is 3. The van der Waals surface area contributed by atoms with Gasteiger partial charge in [0, 0.05) is 44.5 Å². The molecule has 0 aliphatic heterocycles. The third kappa shape index (κ3) is 3.62. The number of aryl methyl sites for hydroxylation is 1. The highest BCUT2D eigenvalue weighted by Gasteiger charge is 2.37. The summed E-state index contributed by atoms with van der Waals surface area (Å²) in [7, 11) is 0. The fourth-order valence-corrected chi connectivity index (χ4v) is 5.03. The number of benzene rings is 1. The van der Waals surface area contributed by atoms with Gasteiger partial charge in [-0.25, -0.2) is 18.2 Å². The number of alkyl halides is 3. The van der Waals surface area contributed by atoms with Crippen LogP contribution in [0, 0.1) is 27.9 Å².